The zero-order valence-electron chi connectivity index (χ0n) is 11.9. The number of carbonyl (C=O) groups excluding carboxylic acids is 1. The minimum atomic E-state index is -0.503. The molecule has 0 spiro atoms. The van der Waals surface area contributed by atoms with Gasteiger partial charge in [0.15, 0.2) is 0 Å². The highest BCUT2D eigenvalue weighted by Gasteiger charge is 2.15. The minimum Gasteiger partial charge on any atom is -0.465 e. The van der Waals surface area contributed by atoms with Gasteiger partial charge in [0.2, 0.25) is 0 Å². The fourth-order valence-electron chi connectivity index (χ4n) is 2.35. The van der Waals surface area contributed by atoms with Crippen LogP contribution in [-0.4, -0.2) is 18.1 Å². The van der Waals surface area contributed by atoms with E-state index in [1.54, 1.807) is 24.3 Å². The van der Waals surface area contributed by atoms with Crippen molar-refractivity contribution in [3.05, 3.63) is 64.0 Å². The average molecular weight is 350 g/mol. The molecule has 6 heteroatoms. The molecule has 23 heavy (non-hydrogen) atoms. The Morgan fingerprint density at radius 3 is 2.61 bits per heavy atom. The number of halogens is 3. The Morgan fingerprint density at radius 1 is 1.13 bits per heavy atom. The van der Waals surface area contributed by atoms with Crippen molar-refractivity contribution in [2.45, 2.75) is 0 Å². The van der Waals surface area contributed by atoms with Gasteiger partial charge in [-0.2, -0.15) is 0 Å². The third-order valence-electron chi connectivity index (χ3n) is 3.45. The molecule has 0 aliphatic heterocycles. The van der Waals surface area contributed by atoms with Crippen molar-refractivity contribution >= 4 is 39.9 Å². The molecule has 116 valence electrons. The van der Waals surface area contributed by atoms with Gasteiger partial charge < -0.3 is 4.74 Å². The van der Waals surface area contributed by atoms with Gasteiger partial charge in [0.05, 0.1) is 23.4 Å². The number of aromatic nitrogens is 1. The Morgan fingerprint density at radius 2 is 1.91 bits per heavy atom. The SMILES string of the molecule is COC(=O)c1ccc2c(Cl)cnc(-c3ccc(Cl)cc3F)c2c1. The summed E-state index contributed by atoms with van der Waals surface area (Å²) < 4.78 is 19.0. The van der Waals surface area contributed by atoms with Crippen molar-refractivity contribution < 1.29 is 13.9 Å². The van der Waals surface area contributed by atoms with E-state index in [0.29, 0.717) is 32.1 Å². The summed E-state index contributed by atoms with van der Waals surface area (Å²) in [5.41, 5.74) is 0.988. The van der Waals surface area contributed by atoms with Crippen LogP contribution < -0.4 is 0 Å². The molecule has 0 radical (unpaired) electrons. The van der Waals surface area contributed by atoms with Crippen LogP contribution in [0.15, 0.2) is 42.6 Å². The molecule has 2 aromatic carbocycles. The number of nitrogens with zero attached hydrogens (tertiary/aromatic N) is 1. The van der Waals surface area contributed by atoms with E-state index in [0.717, 1.165) is 0 Å². The first-order chi connectivity index (χ1) is 11.0. The van der Waals surface area contributed by atoms with Crippen molar-refractivity contribution in [2.75, 3.05) is 7.11 Å². The largest absolute Gasteiger partial charge is 0.465 e. The van der Waals surface area contributed by atoms with E-state index in [1.165, 1.54) is 25.4 Å². The summed E-state index contributed by atoms with van der Waals surface area (Å²) in [6.45, 7) is 0. The van der Waals surface area contributed by atoms with Gasteiger partial charge in [-0.3, -0.25) is 4.98 Å². The van der Waals surface area contributed by atoms with Gasteiger partial charge in [-0.15, -0.1) is 0 Å². The normalized spacial score (nSPS) is 10.8. The molecule has 0 amide bonds. The first-order valence-electron chi connectivity index (χ1n) is 6.63. The summed E-state index contributed by atoms with van der Waals surface area (Å²) in [4.78, 5) is 16.0. The summed E-state index contributed by atoms with van der Waals surface area (Å²) in [6.07, 6.45) is 1.45. The predicted molar refractivity (Wildman–Crippen MR) is 88.5 cm³/mol. The van der Waals surface area contributed by atoms with Crippen molar-refractivity contribution in [3.63, 3.8) is 0 Å². The number of fused-ring (bicyclic) bond motifs is 1. The maximum absolute atomic E-state index is 14.2. The number of pyridine rings is 1. The summed E-state index contributed by atoms with van der Waals surface area (Å²) >= 11 is 11.9. The Labute approximate surface area is 141 Å². The van der Waals surface area contributed by atoms with E-state index in [4.69, 9.17) is 27.9 Å². The molecule has 1 aromatic heterocycles. The molecule has 1 heterocycles. The van der Waals surface area contributed by atoms with E-state index < -0.39 is 11.8 Å². The van der Waals surface area contributed by atoms with Crippen LogP contribution >= 0.6 is 23.2 Å². The van der Waals surface area contributed by atoms with Crippen LogP contribution in [0.5, 0.6) is 0 Å². The smallest absolute Gasteiger partial charge is 0.337 e. The number of carbonyl (C=O) groups is 1. The standard InChI is InChI=1S/C17H10Cl2FNO2/c1-23-17(22)9-2-4-11-13(6-9)16(21-8-14(11)19)12-5-3-10(18)7-15(12)20/h2-8H,1H3. The number of rotatable bonds is 2. The Hall–Kier alpha value is -2.17. The number of ether oxygens (including phenoxy) is 1. The first kappa shape index (κ1) is 15.7. The zero-order valence-corrected chi connectivity index (χ0v) is 13.5. The van der Waals surface area contributed by atoms with Crippen LogP contribution in [0.25, 0.3) is 22.0 Å². The van der Waals surface area contributed by atoms with E-state index >= 15 is 0 Å². The molecule has 0 saturated carbocycles. The van der Waals surface area contributed by atoms with Crippen molar-refractivity contribution in [1.29, 1.82) is 0 Å². The monoisotopic (exact) mass is 349 g/mol. The van der Waals surface area contributed by atoms with Crippen LogP contribution in [0.4, 0.5) is 4.39 Å². The van der Waals surface area contributed by atoms with Gasteiger partial charge in [-0.25, -0.2) is 9.18 Å². The first-order valence-corrected chi connectivity index (χ1v) is 7.39. The van der Waals surface area contributed by atoms with E-state index in [9.17, 15) is 9.18 Å². The predicted octanol–water partition coefficient (Wildman–Crippen LogP) is 5.13. The highest BCUT2D eigenvalue weighted by atomic mass is 35.5. The number of methoxy groups -OCH3 is 1. The van der Waals surface area contributed by atoms with Gasteiger partial charge in [0, 0.05) is 27.6 Å². The van der Waals surface area contributed by atoms with Crippen LogP contribution in [0.1, 0.15) is 10.4 Å². The molecule has 3 aromatic rings. The second-order valence-electron chi connectivity index (χ2n) is 4.83. The molecule has 0 bridgehead atoms. The summed E-state index contributed by atoms with van der Waals surface area (Å²) in [5, 5.41) is 1.93. The highest BCUT2D eigenvalue weighted by Crippen LogP contribution is 2.33. The van der Waals surface area contributed by atoms with Crippen LogP contribution in [0.2, 0.25) is 10.0 Å². The van der Waals surface area contributed by atoms with Crippen molar-refractivity contribution in [3.8, 4) is 11.3 Å². The van der Waals surface area contributed by atoms with Crippen molar-refractivity contribution in [2.24, 2.45) is 0 Å². The molecule has 0 saturated heterocycles. The molecule has 0 fully saturated rings. The average Bonchev–Trinajstić information content (AvgIpc) is 2.55. The lowest BCUT2D eigenvalue weighted by atomic mass is 10.0. The highest BCUT2D eigenvalue weighted by molar-refractivity contribution is 6.36. The second-order valence-corrected chi connectivity index (χ2v) is 5.67. The van der Waals surface area contributed by atoms with Gasteiger partial charge >= 0.3 is 5.97 Å². The van der Waals surface area contributed by atoms with Crippen LogP contribution in [0, 0.1) is 5.82 Å². The lowest BCUT2D eigenvalue weighted by molar-refractivity contribution is 0.0601. The van der Waals surface area contributed by atoms with Gasteiger partial charge in [0.25, 0.3) is 0 Å². The molecular formula is C17H10Cl2FNO2. The fourth-order valence-corrected chi connectivity index (χ4v) is 2.72. The fraction of sp³-hybridized carbons (Fsp3) is 0.0588. The zero-order chi connectivity index (χ0) is 16.6. The van der Waals surface area contributed by atoms with Crippen molar-refractivity contribution in [1.82, 2.24) is 4.98 Å². The van der Waals surface area contributed by atoms with E-state index in [-0.39, 0.29) is 5.56 Å². The molecule has 0 aliphatic rings. The molecule has 0 unspecified atom stereocenters. The van der Waals surface area contributed by atoms with Crippen LogP contribution in [-0.2, 0) is 4.74 Å². The number of benzene rings is 2. The molecule has 0 atom stereocenters. The topological polar surface area (TPSA) is 39.2 Å². The number of esters is 1. The van der Waals surface area contributed by atoms with Crippen LogP contribution in [0.3, 0.4) is 0 Å². The Bertz CT molecular complexity index is 928. The molecule has 0 aliphatic carbocycles. The lowest BCUT2D eigenvalue weighted by Gasteiger charge is -2.10. The third kappa shape index (κ3) is 2.87. The molecule has 3 rings (SSSR count). The molecule has 0 N–H and O–H groups in total. The maximum Gasteiger partial charge on any atom is 0.337 e. The summed E-state index contributed by atoms with van der Waals surface area (Å²) in [6, 6.07) is 9.20. The maximum atomic E-state index is 14.2. The summed E-state index contributed by atoms with van der Waals surface area (Å²) in [7, 11) is 1.29. The third-order valence-corrected chi connectivity index (χ3v) is 3.98. The second kappa shape index (κ2) is 6.14. The quantitative estimate of drug-likeness (QED) is 0.601. The number of hydrogen-bond donors (Lipinski definition) is 0. The lowest BCUT2D eigenvalue weighted by Crippen LogP contribution is -2.01. The summed E-state index contributed by atoms with van der Waals surface area (Å²) in [5.74, 6) is -0.994. The molecule has 3 nitrogen and oxygen atoms in total. The van der Waals surface area contributed by atoms with Gasteiger partial charge in [-0.1, -0.05) is 29.3 Å². The Kier molecular flexibility index (Phi) is 4.20. The minimum absolute atomic E-state index is 0.276. The molecular weight excluding hydrogens is 340 g/mol. The Balaban J connectivity index is 2.31. The van der Waals surface area contributed by atoms with Gasteiger partial charge in [0.1, 0.15) is 5.82 Å². The van der Waals surface area contributed by atoms with E-state index in [1.807, 2.05) is 0 Å². The van der Waals surface area contributed by atoms with E-state index in [2.05, 4.69) is 4.98 Å². The number of hydrogen-bond acceptors (Lipinski definition) is 3. The van der Waals surface area contributed by atoms with Gasteiger partial charge in [-0.05, 0) is 30.3 Å².